The minimum Gasteiger partial charge on any atom is -0.467 e. The van der Waals surface area contributed by atoms with Gasteiger partial charge in [-0.1, -0.05) is 18.2 Å². The van der Waals surface area contributed by atoms with E-state index in [2.05, 4.69) is 19.7 Å². The summed E-state index contributed by atoms with van der Waals surface area (Å²) >= 11 is 0. The lowest BCUT2D eigenvalue weighted by atomic mass is 9.98. The van der Waals surface area contributed by atoms with Crippen LogP contribution < -0.4 is 9.64 Å². The van der Waals surface area contributed by atoms with Gasteiger partial charge in [0.25, 0.3) is 0 Å². The summed E-state index contributed by atoms with van der Waals surface area (Å²) in [5.74, 6) is -1.28. The SMILES string of the molecule is [2H]C([2H])(c1ccc(-c2cnc(OC)nc2)cn1)N(C(=O)C1CCOCC1)c1cccc(/C=C/C(=O)OC)c1. The number of pyridine rings is 1. The molecule has 1 aliphatic rings. The van der Waals surface area contributed by atoms with Crippen LogP contribution in [0.2, 0.25) is 0 Å². The van der Waals surface area contributed by atoms with E-state index >= 15 is 0 Å². The van der Waals surface area contributed by atoms with Crippen molar-refractivity contribution < 1.29 is 26.5 Å². The van der Waals surface area contributed by atoms with Crippen LogP contribution >= 0.6 is 0 Å². The Bertz CT molecular complexity index is 1290. The molecule has 1 saturated heterocycles. The van der Waals surface area contributed by atoms with Crippen LogP contribution in [0.5, 0.6) is 6.01 Å². The van der Waals surface area contributed by atoms with E-state index in [4.69, 9.17) is 12.2 Å². The van der Waals surface area contributed by atoms with Gasteiger partial charge < -0.3 is 19.1 Å². The highest BCUT2D eigenvalue weighted by Gasteiger charge is 2.28. The summed E-state index contributed by atoms with van der Waals surface area (Å²) in [6.45, 7) is -1.41. The molecule has 3 heterocycles. The fourth-order valence-corrected chi connectivity index (χ4v) is 3.69. The van der Waals surface area contributed by atoms with E-state index in [0.717, 1.165) is 4.90 Å². The normalized spacial score (nSPS) is 15.2. The Morgan fingerprint density at radius 1 is 1.08 bits per heavy atom. The molecule has 3 aromatic rings. The topological polar surface area (TPSA) is 104 Å². The lowest BCUT2D eigenvalue weighted by Crippen LogP contribution is -2.38. The van der Waals surface area contributed by atoms with Crippen molar-refractivity contribution >= 4 is 23.6 Å². The van der Waals surface area contributed by atoms with Crippen molar-refractivity contribution in [3.8, 4) is 17.1 Å². The predicted molar refractivity (Wildman–Crippen MR) is 134 cm³/mol. The van der Waals surface area contributed by atoms with Crippen LogP contribution in [0.3, 0.4) is 0 Å². The number of carbonyl (C=O) groups is 2. The zero-order valence-corrected chi connectivity index (χ0v) is 20.1. The number of ether oxygens (including phenoxy) is 3. The van der Waals surface area contributed by atoms with Gasteiger partial charge >= 0.3 is 12.0 Å². The molecule has 1 amide bonds. The van der Waals surface area contributed by atoms with E-state index in [-0.39, 0.29) is 17.6 Å². The Morgan fingerprint density at radius 3 is 2.50 bits per heavy atom. The zero-order chi connectivity index (χ0) is 27.1. The molecule has 2 aromatic heterocycles. The molecular weight excluding hydrogens is 460 g/mol. The molecule has 0 N–H and O–H groups in total. The third-order valence-corrected chi connectivity index (χ3v) is 5.67. The summed E-state index contributed by atoms with van der Waals surface area (Å²) in [7, 11) is 2.76. The molecule has 1 fully saturated rings. The maximum atomic E-state index is 13.8. The monoisotopic (exact) mass is 490 g/mol. The maximum absolute atomic E-state index is 13.8. The summed E-state index contributed by atoms with van der Waals surface area (Å²) in [5.41, 5.74) is 2.38. The van der Waals surface area contributed by atoms with Crippen molar-refractivity contribution in [3.63, 3.8) is 0 Å². The van der Waals surface area contributed by atoms with Gasteiger partial charge in [0.05, 0.1) is 29.2 Å². The maximum Gasteiger partial charge on any atom is 0.330 e. The fraction of sp³-hybridized carbons (Fsp3) is 0.296. The molecule has 0 unspecified atom stereocenters. The van der Waals surface area contributed by atoms with E-state index in [9.17, 15) is 9.59 Å². The molecule has 1 aliphatic heterocycles. The molecule has 9 nitrogen and oxygen atoms in total. The van der Waals surface area contributed by atoms with Crippen molar-refractivity contribution in [2.24, 2.45) is 5.92 Å². The van der Waals surface area contributed by atoms with E-state index in [1.54, 1.807) is 54.9 Å². The number of hydrogen-bond acceptors (Lipinski definition) is 8. The number of methoxy groups -OCH3 is 2. The third kappa shape index (κ3) is 6.31. The Morgan fingerprint density at radius 2 is 1.83 bits per heavy atom. The van der Waals surface area contributed by atoms with Gasteiger partial charge in [0.1, 0.15) is 0 Å². The summed E-state index contributed by atoms with van der Waals surface area (Å²) in [5, 5.41) is 0. The molecular formula is C27H28N4O5. The first kappa shape index (κ1) is 22.4. The Labute approximate surface area is 212 Å². The lowest BCUT2D eigenvalue weighted by molar-refractivity contribution is -0.134. The summed E-state index contributed by atoms with van der Waals surface area (Å²) in [4.78, 5) is 39.0. The van der Waals surface area contributed by atoms with E-state index in [1.165, 1.54) is 26.5 Å². The summed E-state index contributed by atoms with van der Waals surface area (Å²) in [6.07, 6.45) is 8.50. The van der Waals surface area contributed by atoms with Gasteiger partial charge in [-0.05, 0) is 42.7 Å². The first-order valence-corrected chi connectivity index (χ1v) is 11.4. The summed E-state index contributed by atoms with van der Waals surface area (Å²) < 4.78 is 33.2. The van der Waals surface area contributed by atoms with Crippen molar-refractivity contribution in [2.45, 2.75) is 19.3 Å². The number of rotatable bonds is 8. The van der Waals surface area contributed by atoms with E-state index < -0.39 is 18.4 Å². The molecule has 0 atom stereocenters. The second-order valence-electron chi connectivity index (χ2n) is 8.01. The highest BCUT2D eigenvalue weighted by molar-refractivity contribution is 5.95. The Hall–Kier alpha value is -4.11. The second kappa shape index (κ2) is 12.0. The smallest absolute Gasteiger partial charge is 0.330 e. The predicted octanol–water partition coefficient (Wildman–Crippen LogP) is 3.69. The molecule has 4 rings (SSSR count). The standard InChI is InChI=1S/C27H28N4O5/c1-34-25(32)9-6-19-4-3-5-24(14-19)31(26(33)20-10-12-36-13-11-20)18-23-8-7-21(15-28-23)22-16-29-27(35-2)30-17-22/h3-9,14-17,20H,10-13,18H2,1-2H3/b9-6+/i18D2. The lowest BCUT2D eigenvalue weighted by Gasteiger charge is -2.29. The van der Waals surface area contributed by atoms with Gasteiger partial charge in [-0.2, -0.15) is 0 Å². The number of nitrogens with zero attached hydrogens (tertiary/aromatic N) is 4. The van der Waals surface area contributed by atoms with Crippen molar-refractivity contribution in [2.75, 3.05) is 32.3 Å². The molecule has 0 bridgehead atoms. The molecule has 0 radical (unpaired) electrons. The van der Waals surface area contributed by atoms with Crippen LogP contribution in [0.25, 0.3) is 17.2 Å². The number of amides is 1. The van der Waals surface area contributed by atoms with Crippen molar-refractivity contribution in [1.82, 2.24) is 15.0 Å². The van der Waals surface area contributed by atoms with Crippen LogP contribution in [0.15, 0.2) is 61.1 Å². The van der Waals surface area contributed by atoms with Crippen LogP contribution in [0.1, 0.15) is 26.8 Å². The molecule has 0 spiro atoms. The van der Waals surface area contributed by atoms with E-state index in [1.807, 2.05) is 0 Å². The number of benzene rings is 1. The third-order valence-electron chi connectivity index (χ3n) is 5.67. The van der Waals surface area contributed by atoms with Gasteiger partial charge in [0.2, 0.25) is 5.91 Å². The van der Waals surface area contributed by atoms with Gasteiger partial charge in [0, 0.05) is 60.6 Å². The van der Waals surface area contributed by atoms with Gasteiger partial charge in [-0.15, -0.1) is 0 Å². The van der Waals surface area contributed by atoms with E-state index in [0.29, 0.717) is 48.4 Å². The quantitative estimate of drug-likeness (QED) is 0.348. The molecule has 9 heteroatoms. The van der Waals surface area contributed by atoms with Gasteiger partial charge in [-0.25, -0.2) is 14.8 Å². The largest absolute Gasteiger partial charge is 0.467 e. The van der Waals surface area contributed by atoms with Crippen LogP contribution in [-0.4, -0.2) is 54.3 Å². The van der Waals surface area contributed by atoms with Crippen molar-refractivity contribution in [1.29, 1.82) is 0 Å². The number of carbonyl (C=O) groups excluding carboxylic acids is 2. The first-order valence-electron chi connectivity index (χ1n) is 12.4. The first-order chi connectivity index (χ1) is 18.3. The number of hydrogen-bond donors (Lipinski definition) is 0. The van der Waals surface area contributed by atoms with Crippen LogP contribution in [-0.2, 0) is 25.6 Å². The Kier molecular flexibility index (Phi) is 7.47. The highest BCUT2D eigenvalue weighted by Crippen LogP contribution is 2.26. The molecule has 1 aromatic carbocycles. The molecule has 186 valence electrons. The average molecular weight is 491 g/mol. The Balaban J connectivity index is 1.70. The number of aromatic nitrogens is 3. The van der Waals surface area contributed by atoms with Gasteiger partial charge in [-0.3, -0.25) is 9.78 Å². The van der Waals surface area contributed by atoms with Crippen molar-refractivity contribution in [3.05, 3.63) is 72.3 Å². The average Bonchev–Trinajstić information content (AvgIpc) is 2.96. The molecule has 36 heavy (non-hydrogen) atoms. The molecule has 0 saturated carbocycles. The summed E-state index contributed by atoms with van der Waals surface area (Å²) in [6, 6.07) is 10.3. The minimum atomic E-state index is -2.28. The second-order valence-corrected chi connectivity index (χ2v) is 8.01. The number of anilines is 1. The molecule has 0 aliphatic carbocycles. The van der Waals surface area contributed by atoms with Crippen LogP contribution in [0.4, 0.5) is 5.69 Å². The fourth-order valence-electron chi connectivity index (χ4n) is 3.69. The zero-order valence-electron chi connectivity index (χ0n) is 22.1. The van der Waals surface area contributed by atoms with Gasteiger partial charge in [0.15, 0.2) is 0 Å². The van der Waals surface area contributed by atoms with Crippen LogP contribution in [0, 0.1) is 5.92 Å². The number of esters is 1. The highest BCUT2D eigenvalue weighted by atomic mass is 16.5. The minimum absolute atomic E-state index is 0.0617.